The molecule has 0 amide bonds. The van der Waals surface area contributed by atoms with Crippen LogP contribution in [0.2, 0.25) is 0 Å². The van der Waals surface area contributed by atoms with Crippen molar-refractivity contribution in [2.24, 2.45) is 5.73 Å². The molecule has 0 aliphatic carbocycles. The van der Waals surface area contributed by atoms with Crippen LogP contribution in [0.3, 0.4) is 0 Å². The number of aromatic nitrogens is 2. The van der Waals surface area contributed by atoms with E-state index in [0.29, 0.717) is 11.4 Å². The summed E-state index contributed by atoms with van der Waals surface area (Å²) in [4.78, 5) is 8.23. The Bertz CT molecular complexity index is 684. The Hall–Kier alpha value is -1.83. The van der Waals surface area contributed by atoms with Crippen LogP contribution in [-0.4, -0.2) is 18.4 Å². The van der Waals surface area contributed by atoms with E-state index in [-0.39, 0.29) is 18.0 Å². The predicted octanol–water partition coefficient (Wildman–Crippen LogP) is 0.722. The second-order valence-corrected chi connectivity index (χ2v) is 6.05. The zero-order chi connectivity index (χ0) is 14.6. The van der Waals surface area contributed by atoms with Crippen molar-refractivity contribution in [1.82, 2.24) is 14.7 Å². The highest BCUT2D eigenvalue weighted by Gasteiger charge is 2.14. The lowest BCUT2D eigenvalue weighted by Crippen LogP contribution is -2.24. The zero-order valence-corrected chi connectivity index (χ0v) is 11.9. The first-order chi connectivity index (χ1) is 9.53. The number of rotatable bonds is 5. The fourth-order valence-electron chi connectivity index (χ4n) is 1.64. The fourth-order valence-corrected chi connectivity index (χ4v) is 2.57. The molecule has 7 heteroatoms. The molecule has 2 heterocycles. The number of hydrogen-bond donors (Lipinski definition) is 2. The van der Waals surface area contributed by atoms with Gasteiger partial charge in [0, 0.05) is 18.9 Å². The van der Waals surface area contributed by atoms with Crippen molar-refractivity contribution < 1.29 is 8.42 Å². The molecule has 0 aliphatic heterocycles. The topological polar surface area (TPSA) is 98.0 Å². The Morgan fingerprint density at radius 2 is 2.05 bits per heavy atom. The summed E-state index contributed by atoms with van der Waals surface area (Å²) >= 11 is 0. The van der Waals surface area contributed by atoms with Crippen LogP contribution < -0.4 is 10.5 Å². The van der Waals surface area contributed by atoms with Gasteiger partial charge in [0.1, 0.15) is 4.90 Å². The number of nitrogens with one attached hydrogen (secondary N) is 1. The van der Waals surface area contributed by atoms with Gasteiger partial charge in [-0.2, -0.15) is 0 Å². The lowest BCUT2D eigenvalue weighted by Gasteiger charge is -2.08. The Labute approximate surface area is 118 Å². The summed E-state index contributed by atoms with van der Waals surface area (Å²) in [5.74, 6) is 0. The van der Waals surface area contributed by atoms with Gasteiger partial charge in [-0.05, 0) is 30.7 Å². The molecule has 6 nitrogen and oxygen atoms in total. The van der Waals surface area contributed by atoms with Gasteiger partial charge in [-0.25, -0.2) is 13.1 Å². The lowest BCUT2D eigenvalue weighted by atomic mass is 10.2. The van der Waals surface area contributed by atoms with Gasteiger partial charge in [-0.3, -0.25) is 9.97 Å². The van der Waals surface area contributed by atoms with Crippen LogP contribution in [0.25, 0.3) is 0 Å². The quantitative estimate of drug-likeness (QED) is 0.846. The molecule has 0 atom stereocenters. The molecule has 106 valence electrons. The summed E-state index contributed by atoms with van der Waals surface area (Å²) in [6.45, 7) is 2.31. The number of pyridine rings is 2. The second kappa shape index (κ2) is 6.08. The third-order valence-corrected chi connectivity index (χ3v) is 4.25. The summed E-state index contributed by atoms with van der Waals surface area (Å²) in [5, 5.41) is 0. The van der Waals surface area contributed by atoms with Gasteiger partial charge in [-0.1, -0.05) is 6.07 Å². The summed E-state index contributed by atoms with van der Waals surface area (Å²) in [6, 6.07) is 6.78. The average Bonchev–Trinajstić information content (AvgIpc) is 2.46. The van der Waals surface area contributed by atoms with Crippen molar-refractivity contribution in [2.45, 2.75) is 24.9 Å². The number of sulfonamides is 1. The van der Waals surface area contributed by atoms with Crippen LogP contribution in [0.15, 0.2) is 41.6 Å². The largest absolute Gasteiger partial charge is 0.325 e. The number of hydrogen-bond acceptors (Lipinski definition) is 5. The van der Waals surface area contributed by atoms with Crippen molar-refractivity contribution in [2.75, 3.05) is 0 Å². The maximum absolute atomic E-state index is 12.1. The molecule has 0 fully saturated rings. The highest BCUT2D eigenvalue weighted by molar-refractivity contribution is 7.89. The molecule has 0 spiro atoms. The Balaban J connectivity index is 2.13. The van der Waals surface area contributed by atoms with E-state index < -0.39 is 10.0 Å². The zero-order valence-electron chi connectivity index (χ0n) is 11.1. The summed E-state index contributed by atoms with van der Waals surface area (Å²) in [7, 11) is -3.59. The summed E-state index contributed by atoms with van der Waals surface area (Å²) in [6.07, 6.45) is 2.93. The molecule has 0 aliphatic rings. The standard InChI is InChI=1S/C13H16N4O2S/c1-10-3-2-6-15-13(10)9-17-20(18,19)12-5-4-11(7-14)16-8-12/h2-6,8,17H,7,9,14H2,1H3. The number of aryl methyl sites for hydroxylation is 1. The van der Waals surface area contributed by atoms with Gasteiger partial charge >= 0.3 is 0 Å². The predicted molar refractivity (Wildman–Crippen MR) is 75.1 cm³/mol. The highest BCUT2D eigenvalue weighted by Crippen LogP contribution is 2.09. The van der Waals surface area contributed by atoms with E-state index in [4.69, 9.17) is 5.73 Å². The van der Waals surface area contributed by atoms with Gasteiger partial charge in [0.25, 0.3) is 0 Å². The fraction of sp³-hybridized carbons (Fsp3) is 0.231. The first kappa shape index (κ1) is 14.6. The first-order valence-corrected chi connectivity index (χ1v) is 7.56. The van der Waals surface area contributed by atoms with Gasteiger partial charge in [0.15, 0.2) is 0 Å². The summed E-state index contributed by atoms with van der Waals surface area (Å²) < 4.78 is 26.7. The van der Waals surface area contributed by atoms with E-state index >= 15 is 0 Å². The van der Waals surface area contributed by atoms with E-state index in [9.17, 15) is 8.42 Å². The molecule has 0 unspecified atom stereocenters. The van der Waals surface area contributed by atoms with Crippen molar-refractivity contribution >= 4 is 10.0 Å². The minimum Gasteiger partial charge on any atom is -0.325 e. The van der Waals surface area contributed by atoms with Gasteiger partial charge in [0.2, 0.25) is 10.0 Å². The molecule has 2 rings (SSSR count). The molecule has 3 N–H and O–H groups in total. The third-order valence-electron chi connectivity index (χ3n) is 2.86. The maximum atomic E-state index is 12.1. The lowest BCUT2D eigenvalue weighted by molar-refractivity contribution is 0.579. The summed E-state index contributed by atoms with van der Waals surface area (Å²) in [5.41, 5.74) is 7.70. The molecule has 20 heavy (non-hydrogen) atoms. The molecule has 2 aromatic rings. The average molecular weight is 292 g/mol. The number of nitrogens with two attached hydrogens (primary N) is 1. The molecule has 0 saturated carbocycles. The van der Waals surface area contributed by atoms with Crippen molar-refractivity contribution in [1.29, 1.82) is 0 Å². The van der Waals surface area contributed by atoms with Crippen LogP contribution >= 0.6 is 0 Å². The van der Waals surface area contributed by atoms with Crippen LogP contribution in [-0.2, 0) is 23.1 Å². The smallest absolute Gasteiger partial charge is 0.242 e. The molecule has 0 aromatic carbocycles. The van der Waals surface area contributed by atoms with Crippen molar-refractivity contribution in [3.63, 3.8) is 0 Å². The molecule has 0 bridgehead atoms. The third kappa shape index (κ3) is 3.38. The van der Waals surface area contributed by atoms with Crippen LogP contribution in [0.1, 0.15) is 17.0 Å². The molecule has 2 aromatic heterocycles. The van der Waals surface area contributed by atoms with E-state index in [1.165, 1.54) is 12.3 Å². The van der Waals surface area contributed by atoms with Crippen LogP contribution in [0, 0.1) is 6.92 Å². The van der Waals surface area contributed by atoms with Gasteiger partial charge in [0.05, 0.1) is 17.9 Å². The van der Waals surface area contributed by atoms with E-state index in [2.05, 4.69) is 14.7 Å². The van der Waals surface area contributed by atoms with Gasteiger partial charge in [-0.15, -0.1) is 0 Å². The van der Waals surface area contributed by atoms with Crippen molar-refractivity contribution in [3.8, 4) is 0 Å². The SMILES string of the molecule is Cc1cccnc1CNS(=O)(=O)c1ccc(CN)nc1. The van der Waals surface area contributed by atoms with Crippen LogP contribution in [0.4, 0.5) is 0 Å². The normalized spacial score (nSPS) is 11.5. The Kier molecular flexibility index (Phi) is 4.43. The molecule has 0 radical (unpaired) electrons. The Morgan fingerprint density at radius 3 is 2.65 bits per heavy atom. The number of nitrogens with zero attached hydrogens (tertiary/aromatic N) is 2. The molecule has 0 saturated heterocycles. The van der Waals surface area contributed by atoms with E-state index in [1.54, 1.807) is 12.3 Å². The van der Waals surface area contributed by atoms with Crippen LogP contribution in [0.5, 0.6) is 0 Å². The Morgan fingerprint density at radius 1 is 1.25 bits per heavy atom. The highest BCUT2D eigenvalue weighted by atomic mass is 32.2. The minimum atomic E-state index is -3.59. The van der Waals surface area contributed by atoms with E-state index in [0.717, 1.165) is 5.56 Å². The molecular formula is C13H16N4O2S. The van der Waals surface area contributed by atoms with Gasteiger partial charge < -0.3 is 5.73 Å². The maximum Gasteiger partial charge on any atom is 0.242 e. The minimum absolute atomic E-state index is 0.114. The van der Waals surface area contributed by atoms with Crippen molar-refractivity contribution in [3.05, 3.63) is 53.6 Å². The molecular weight excluding hydrogens is 276 g/mol. The first-order valence-electron chi connectivity index (χ1n) is 6.08. The van der Waals surface area contributed by atoms with E-state index in [1.807, 2.05) is 19.1 Å². The second-order valence-electron chi connectivity index (χ2n) is 4.28. The monoisotopic (exact) mass is 292 g/mol.